The molecular weight excluding hydrogens is 306 g/mol. The molecule has 9 heteroatoms. The smallest absolute Gasteiger partial charge is 0.222 e. The maximum atomic E-state index is 12.8. The molecule has 2 aromatic heterocycles. The van der Waals surface area contributed by atoms with E-state index in [9.17, 15) is 8.42 Å². The van der Waals surface area contributed by atoms with E-state index in [1.807, 2.05) is 17.8 Å². The van der Waals surface area contributed by atoms with Crippen LogP contribution in [0.2, 0.25) is 0 Å². The molecule has 1 fully saturated rings. The van der Waals surface area contributed by atoms with Gasteiger partial charge in [0, 0.05) is 45.1 Å². The van der Waals surface area contributed by atoms with Gasteiger partial charge in [-0.1, -0.05) is 5.16 Å². The summed E-state index contributed by atoms with van der Waals surface area (Å²) in [5, 5.41) is 6.97. The average Bonchev–Trinajstić information content (AvgIpc) is 3.07. The summed E-state index contributed by atoms with van der Waals surface area (Å²) in [7, 11) is -1.65. The highest BCUT2D eigenvalue weighted by atomic mass is 32.2. The van der Waals surface area contributed by atoms with E-state index < -0.39 is 10.0 Å². The quantitative estimate of drug-likeness (QED) is 0.863. The third-order valence-corrected chi connectivity index (χ3v) is 5.51. The molecule has 22 heavy (non-hydrogen) atoms. The normalized spacial score (nSPS) is 20.4. The third kappa shape index (κ3) is 2.92. The highest BCUT2D eigenvalue weighted by Gasteiger charge is 2.36. The largest absolute Gasteiger partial charge is 0.360 e. The first-order chi connectivity index (χ1) is 10.5. The third-order valence-electron chi connectivity index (χ3n) is 3.71. The number of aryl methyl sites for hydroxylation is 2. The first kappa shape index (κ1) is 15.2. The van der Waals surface area contributed by atoms with Crippen LogP contribution in [0.25, 0.3) is 0 Å². The summed E-state index contributed by atoms with van der Waals surface area (Å²) in [5.41, 5.74) is 0.672. The van der Waals surface area contributed by atoms with Gasteiger partial charge >= 0.3 is 0 Å². The summed E-state index contributed by atoms with van der Waals surface area (Å²) in [6.45, 7) is 3.34. The van der Waals surface area contributed by atoms with E-state index in [4.69, 9.17) is 4.52 Å². The zero-order chi connectivity index (χ0) is 15.7. The van der Waals surface area contributed by atoms with Crippen LogP contribution in [0, 0.1) is 6.92 Å². The maximum Gasteiger partial charge on any atom is 0.222 e. The van der Waals surface area contributed by atoms with Crippen molar-refractivity contribution in [2.75, 3.05) is 19.6 Å². The van der Waals surface area contributed by atoms with E-state index >= 15 is 0 Å². The molecule has 3 heterocycles. The Morgan fingerprint density at radius 1 is 1.50 bits per heavy atom. The van der Waals surface area contributed by atoms with Gasteiger partial charge in [-0.05, 0) is 6.92 Å². The van der Waals surface area contributed by atoms with Gasteiger partial charge in [-0.25, -0.2) is 13.4 Å². The van der Waals surface area contributed by atoms with Crippen LogP contribution in [0.5, 0.6) is 0 Å². The lowest BCUT2D eigenvalue weighted by molar-refractivity contribution is 0.256. The first-order valence-corrected chi connectivity index (χ1v) is 8.68. The van der Waals surface area contributed by atoms with Crippen LogP contribution in [0.3, 0.4) is 0 Å². The Labute approximate surface area is 129 Å². The number of nitrogens with one attached hydrogen (secondary N) is 1. The zero-order valence-electron chi connectivity index (χ0n) is 12.6. The van der Waals surface area contributed by atoms with Crippen molar-refractivity contribution in [1.29, 1.82) is 0 Å². The second-order valence-corrected chi connectivity index (χ2v) is 7.34. The van der Waals surface area contributed by atoms with Crippen molar-refractivity contribution in [3.8, 4) is 0 Å². The van der Waals surface area contributed by atoms with Crippen LogP contribution in [0.15, 0.2) is 23.0 Å². The molecule has 1 saturated heterocycles. The van der Waals surface area contributed by atoms with Gasteiger partial charge in [-0.2, -0.15) is 4.31 Å². The van der Waals surface area contributed by atoms with Crippen LogP contribution in [-0.4, -0.2) is 47.1 Å². The molecule has 2 aromatic rings. The molecule has 1 aliphatic rings. The van der Waals surface area contributed by atoms with Crippen molar-refractivity contribution in [2.45, 2.75) is 18.7 Å². The highest BCUT2D eigenvalue weighted by Crippen LogP contribution is 2.25. The average molecular weight is 325 g/mol. The number of sulfonamides is 1. The molecule has 0 aliphatic carbocycles. The minimum absolute atomic E-state index is 0.186. The lowest BCUT2D eigenvalue weighted by atomic mass is 10.2. The molecule has 0 radical (unpaired) electrons. The van der Waals surface area contributed by atoms with Gasteiger partial charge in [-0.15, -0.1) is 0 Å². The summed E-state index contributed by atoms with van der Waals surface area (Å²) < 4.78 is 33.9. The predicted octanol–water partition coefficient (Wildman–Crippen LogP) is 0.193. The zero-order valence-corrected chi connectivity index (χ0v) is 13.4. The molecule has 0 bridgehead atoms. The molecule has 1 aliphatic heterocycles. The fourth-order valence-electron chi connectivity index (χ4n) is 2.68. The van der Waals surface area contributed by atoms with Crippen molar-refractivity contribution in [2.24, 2.45) is 7.05 Å². The standard InChI is InChI=1S/C13H19N5O3S/c1-10-7-11(21-16-10)9-22(19,20)18-6-3-14-8-12(18)13-15-4-5-17(13)2/h4-5,7,12,14H,3,6,8-9H2,1-2H3. The second kappa shape index (κ2) is 5.82. The summed E-state index contributed by atoms with van der Waals surface area (Å²) in [6, 6.07) is 1.33. The summed E-state index contributed by atoms with van der Waals surface area (Å²) in [6.07, 6.45) is 3.49. The van der Waals surface area contributed by atoms with Gasteiger partial charge in [0.05, 0.1) is 11.7 Å². The van der Waals surface area contributed by atoms with Crippen molar-refractivity contribution in [3.63, 3.8) is 0 Å². The van der Waals surface area contributed by atoms with Crippen molar-refractivity contribution < 1.29 is 12.9 Å². The van der Waals surface area contributed by atoms with Gasteiger partial charge in [0.1, 0.15) is 11.6 Å². The minimum atomic E-state index is -3.51. The topological polar surface area (TPSA) is 93.3 Å². The Balaban J connectivity index is 1.88. The fourth-order valence-corrected chi connectivity index (χ4v) is 4.27. The molecule has 1 unspecified atom stereocenters. The van der Waals surface area contributed by atoms with Crippen molar-refractivity contribution in [1.82, 2.24) is 24.3 Å². The minimum Gasteiger partial charge on any atom is -0.360 e. The lowest BCUT2D eigenvalue weighted by Gasteiger charge is -2.34. The molecule has 120 valence electrons. The molecule has 0 amide bonds. The number of nitrogens with zero attached hydrogens (tertiary/aromatic N) is 4. The van der Waals surface area contributed by atoms with Gasteiger partial charge in [-0.3, -0.25) is 0 Å². The SMILES string of the molecule is Cc1cc(CS(=O)(=O)N2CCNCC2c2nccn2C)on1. The number of piperazine rings is 1. The summed E-state index contributed by atoms with van der Waals surface area (Å²) in [4.78, 5) is 4.30. The van der Waals surface area contributed by atoms with Crippen LogP contribution < -0.4 is 5.32 Å². The van der Waals surface area contributed by atoms with Crippen LogP contribution >= 0.6 is 0 Å². The van der Waals surface area contributed by atoms with Gasteiger partial charge in [0.25, 0.3) is 0 Å². The molecule has 3 rings (SSSR count). The van der Waals surface area contributed by atoms with E-state index in [0.717, 1.165) is 5.82 Å². The van der Waals surface area contributed by atoms with Crippen LogP contribution in [0.1, 0.15) is 23.3 Å². The second-order valence-electron chi connectivity index (χ2n) is 5.42. The highest BCUT2D eigenvalue weighted by molar-refractivity contribution is 7.88. The number of imidazole rings is 1. The fraction of sp³-hybridized carbons (Fsp3) is 0.538. The van der Waals surface area contributed by atoms with E-state index in [1.54, 1.807) is 19.2 Å². The first-order valence-electron chi connectivity index (χ1n) is 7.07. The van der Waals surface area contributed by atoms with E-state index in [-0.39, 0.29) is 11.8 Å². The molecular formula is C13H19N5O3S. The number of aromatic nitrogens is 3. The molecule has 0 aromatic carbocycles. The molecule has 0 saturated carbocycles. The lowest BCUT2D eigenvalue weighted by Crippen LogP contribution is -2.49. The van der Waals surface area contributed by atoms with E-state index in [2.05, 4.69) is 15.5 Å². The molecule has 1 N–H and O–H groups in total. The Bertz CT molecular complexity index is 751. The van der Waals surface area contributed by atoms with E-state index in [0.29, 0.717) is 31.1 Å². The molecule has 1 atom stereocenters. The molecule has 8 nitrogen and oxygen atoms in total. The maximum absolute atomic E-state index is 12.8. The Morgan fingerprint density at radius 2 is 2.32 bits per heavy atom. The van der Waals surface area contributed by atoms with Gasteiger partial charge in [0.2, 0.25) is 10.0 Å². The van der Waals surface area contributed by atoms with Gasteiger partial charge < -0.3 is 14.4 Å². The Kier molecular flexibility index (Phi) is 4.02. The molecule has 0 spiro atoms. The van der Waals surface area contributed by atoms with Crippen molar-refractivity contribution >= 4 is 10.0 Å². The summed E-state index contributed by atoms with van der Waals surface area (Å²) >= 11 is 0. The number of rotatable bonds is 4. The number of hydrogen-bond donors (Lipinski definition) is 1. The Morgan fingerprint density at radius 3 is 2.95 bits per heavy atom. The van der Waals surface area contributed by atoms with Gasteiger partial charge in [0.15, 0.2) is 5.76 Å². The van der Waals surface area contributed by atoms with Crippen LogP contribution in [-0.2, 0) is 22.8 Å². The number of hydrogen-bond acceptors (Lipinski definition) is 6. The summed E-state index contributed by atoms with van der Waals surface area (Å²) in [5.74, 6) is 0.897. The van der Waals surface area contributed by atoms with Crippen LogP contribution in [0.4, 0.5) is 0 Å². The van der Waals surface area contributed by atoms with Crippen molar-refractivity contribution in [3.05, 3.63) is 35.7 Å². The Hall–Kier alpha value is -1.71. The van der Waals surface area contributed by atoms with E-state index in [1.165, 1.54) is 4.31 Å². The predicted molar refractivity (Wildman–Crippen MR) is 79.4 cm³/mol. The monoisotopic (exact) mass is 325 g/mol.